The van der Waals surface area contributed by atoms with Crippen molar-refractivity contribution in [3.8, 4) is 0 Å². The van der Waals surface area contributed by atoms with Gasteiger partial charge in [-0.25, -0.2) is 9.97 Å². The third-order valence-corrected chi connectivity index (χ3v) is 4.31. The van der Waals surface area contributed by atoms with Gasteiger partial charge in [0.1, 0.15) is 17.8 Å². The molecule has 1 aliphatic rings. The number of nitrogens with zero attached hydrogens (tertiary/aromatic N) is 4. The molecule has 0 radical (unpaired) electrons. The molecule has 1 aliphatic heterocycles. The maximum Gasteiger partial charge on any atom is 0.433 e. The summed E-state index contributed by atoms with van der Waals surface area (Å²) in [6, 6.07) is 4.95. The van der Waals surface area contributed by atoms with E-state index in [1.165, 1.54) is 0 Å². The average molecular weight is 351 g/mol. The maximum absolute atomic E-state index is 12.8. The molecule has 0 saturated carbocycles. The van der Waals surface area contributed by atoms with Crippen LogP contribution in [0, 0.1) is 6.92 Å². The molecule has 2 aromatic heterocycles. The molecule has 1 saturated heterocycles. The Morgan fingerprint density at radius 1 is 1.28 bits per heavy atom. The van der Waals surface area contributed by atoms with Gasteiger partial charge in [-0.1, -0.05) is 6.07 Å². The summed E-state index contributed by atoms with van der Waals surface area (Å²) in [5, 5.41) is 3.11. The van der Waals surface area contributed by atoms with Crippen molar-refractivity contribution < 1.29 is 13.2 Å². The summed E-state index contributed by atoms with van der Waals surface area (Å²) in [5.74, 6) is 0.211. The van der Waals surface area contributed by atoms with Crippen LogP contribution in [-0.2, 0) is 12.7 Å². The minimum atomic E-state index is -4.46. The number of piperidine rings is 1. The first-order valence-electron chi connectivity index (χ1n) is 8.20. The number of hydrogen-bond donors (Lipinski definition) is 1. The molecule has 8 heteroatoms. The van der Waals surface area contributed by atoms with E-state index in [-0.39, 0.29) is 11.9 Å². The Morgan fingerprint density at radius 3 is 2.88 bits per heavy atom. The van der Waals surface area contributed by atoms with Gasteiger partial charge in [-0.15, -0.1) is 0 Å². The number of pyridine rings is 1. The van der Waals surface area contributed by atoms with Crippen molar-refractivity contribution in [2.24, 2.45) is 0 Å². The lowest BCUT2D eigenvalue weighted by Crippen LogP contribution is -2.42. The molecule has 25 heavy (non-hydrogen) atoms. The van der Waals surface area contributed by atoms with Gasteiger partial charge in [-0.05, 0) is 37.9 Å². The molecule has 5 nitrogen and oxygen atoms in total. The topological polar surface area (TPSA) is 53.9 Å². The van der Waals surface area contributed by atoms with Crippen LogP contribution in [0.2, 0.25) is 0 Å². The highest BCUT2D eigenvalue weighted by Gasteiger charge is 2.33. The molecule has 0 spiro atoms. The minimum absolute atomic E-state index is 0.0498. The Hall–Kier alpha value is -2.22. The second-order valence-electron chi connectivity index (χ2n) is 6.27. The van der Waals surface area contributed by atoms with Crippen molar-refractivity contribution in [1.82, 2.24) is 19.9 Å². The van der Waals surface area contributed by atoms with E-state index in [0.717, 1.165) is 56.1 Å². The first-order valence-corrected chi connectivity index (χ1v) is 8.20. The number of nitrogens with one attached hydrogen (secondary N) is 1. The van der Waals surface area contributed by atoms with Gasteiger partial charge in [-0.3, -0.25) is 9.88 Å². The number of anilines is 1. The first-order chi connectivity index (χ1) is 11.9. The number of hydrogen-bond acceptors (Lipinski definition) is 5. The molecule has 134 valence electrons. The number of alkyl halides is 3. The maximum atomic E-state index is 12.8. The van der Waals surface area contributed by atoms with E-state index in [4.69, 9.17) is 0 Å². The highest BCUT2D eigenvalue weighted by molar-refractivity contribution is 5.37. The number of aromatic nitrogens is 3. The van der Waals surface area contributed by atoms with E-state index in [1.807, 2.05) is 19.1 Å². The molecule has 1 atom stereocenters. The molecule has 0 amide bonds. The first kappa shape index (κ1) is 17.6. The van der Waals surface area contributed by atoms with Crippen molar-refractivity contribution in [3.05, 3.63) is 47.7 Å². The summed E-state index contributed by atoms with van der Waals surface area (Å²) in [7, 11) is 0. The number of aryl methyl sites for hydroxylation is 1. The van der Waals surface area contributed by atoms with Crippen LogP contribution in [-0.4, -0.2) is 39.0 Å². The molecule has 0 aliphatic carbocycles. The quantitative estimate of drug-likeness (QED) is 0.916. The van der Waals surface area contributed by atoms with Crippen LogP contribution in [0.3, 0.4) is 0 Å². The van der Waals surface area contributed by atoms with E-state index >= 15 is 0 Å². The molecular weight excluding hydrogens is 331 g/mol. The Bertz CT molecular complexity index is 719. The van der Waals surface area contributed by atoms with Crippen molar-refractivity contribution in [2.45, 2.75) is 38.5 Å². The van der Waals surface area contributed by atoms with E-state index < -0.39 is 11.9 Å². The zero-order chi connectivity index (χ0) is 17.9. The summed E-state index contributed by atoms with van der Waals surface area (Å²) in [6.45, 7) is 4.46. The van der Waals surface area contributed by atoms with Crippen molar-refractivity contribution >= 4 is 5.82 Å². The molecule has 2 aromatic rings. The number of likely N-dealkylation sites (tertiary alicyclic amines) is 1. The standard InChI is InChI=1S/C17H20F3N5/c1-12-4-2-6-21-14(12)10-25-7-3-5-13(9-25)24-16-8-15(17(18,19)20)22-11-23-16/h2,4,6,8,11,13H,3,5,7,9-10H2,1H3,(H,22,23,24). The molecule has 1 fully saturated rings. The van der Waals surface area contributed by atoms with Crippen LogP contribution in [0.5, 0.6) is 0 Å². The van der Waals surface area contributed by atoms with E-state index in [9.17, 15) is 13.2 Å². The minimum Gasteiger partial charge on any atom is -0.366 e. The van der Waals surface area contributed by atoms with Crippen LogP contribution in [0.15, 0.2) is 30.7 Å². The van der Waals surface area contributed by atoms with Gasteiger partial charge in [0, 0.05) is 31.4 Å². The summed E-state index contributed by atoms with van der Waals surface area (Å²) in [4.78, 5) is 13.9. The Morgan fingerprint density at radius 2 is 2.12 bits per heavy atom. The van der Waals surface area contributed by atoms with Crippen LogP contribution in [0.1, 0.15) is 29.8 Å². The highest BCUT2D eigenvalue weighted by atomic mass is 19.4. The third kappa shape index (κ3) is 4.66. The van der Waals surface area contributed by atoms with Crippen LogP contribution in [0.25, 0.3) is 0 Å². The molecule has 3 heterocycles. The fraction of sp³-hybridized carbons (Fsp3) is 0.471. The van der Waals surface area contributed by atoms with Crippen LogP contribution < -0.4 is 5.32 Å². The Labute approximate surface area is 144 Å². The second kappa shape index (κ2) is 7.35. The van der Waals surface area contributed by atoms with Crippen molar-refractivity contribution in [3.63, 3.8) is 0 Å². The molecule has 0 aromatic carbocycles. The van der Waals surface area contributed by atoms with Gasteiger partial charge >= 0.3 is 6.18 Å². The van der Waals surface area contributed by atoms with Crippen molar-refractivity contribution in [1.29, 1.82) is 0 Å². The second-order valence-corrected chi connectivity index (χ2v) is 6.27. The van der Waals surface area contributed by atoms with E-state index in [2.05, 4.69) is 25.2 Å². The van der Waals surface area contributed by atoms with Gasteiger partial charge in [0.2, 0.25) is 0 Å². The molecule has 0 bridgehead atoms. The summed E-state index contributed by atoms with van der Waals surface area (Å²) >= 11 is 0. The predicted octanol–water partition coefficient (Wildman–Crippen LogP) is 3.28. The van der Waals surface area contributed by atoms with Crippen molar-refractivity contribution in [2.75, 3.05) is 18.4 Å². The lowest BCUT2D eigenvalue weighted by molar-refractivity contribution is -0.141. The normalized spacial score (nSPS) is 19.0. The molecular formula is C17H20F3N5. The summed E-state index contributed by atoms with van der Waals surface area (Å²) < 4.78 is 38.3. The van der Waals surface area contributed by atoms with Gasteiger partial charge in [0.05, 0.1) is 5.69 Å². The zero-order valence-electron chi connectivity index (χ0n) is 13.9. The zero-order valence-corrected chi connectivity index (χ0v) is 13.9. The lowest BCUT2D eigenvalue weighted by Gasteiger charge is -2.33. The van der Waals surface area contributed by atoms with Gasteiger partial charge in [-0.2, -0.15) is 13.2 Å². The molecule has 3 rings (SSSR count). The van der Waals surface area contributed by atoms with Gasteiger partial charge in [0.25, 0.3) is 0 Å². The van der Waals surface area contributed by atoms with Crippen LogP contribution in [0.4, 0.5) is 19.0 Å². The smallest absolute Gasteiger partial charge is 0.366 e. The van der Waals surface area contributed by atoms with E-state index in [1.54, 1.807) is 6.20 Å². The Balaban J connectivity index is 1.63. The third-order valence-electron chi connectivity index (χ3n) is 4.31. The fourth-order valence-corrected chi connectivity index (χ4v) is 3.01. The number of rotatable bonds is 4. The fourth-order valence-electron chi connectivity index (χ4n) is 3.01. The summed E-state index contributed by atoms with van der Waals surface area (Å²) in [6.07, 6.45) is 0.128. The highest BCUT2D eigenvalue weighted by Crippen LogP contribution is 2.28. The van der Waals surface area contributed by atoms with Gasteiger partial charge < -0.3 is 5.32 Å². The average Bonchev–Trinajstić information content (AvgIpc) is 2.57. The number of halogens is 3. The molecule has 1 unspecified atom stereocenters. The predicted molar refractivity (Wildman–Crippen MR) is 87.9 cm³/mol. The largest absolute Gasteiger partial charge is 0.433 e. The van der Waals surface area contributed by atoms with Crippen LogP contribution >= 0.6 is 0 Å². The molecule has 1 N–H and O–H groups in total. The lowest BCUT2D eigenvalue weighted by atomic mass is 10.0. The van der Waals surface area contributed by atoms with Gasteiger partial charge in [0.15, 0.2) is 0 Å². The van der Waals surface area contributed by atoms with E-state index in [0.29, 0.717) is 0 Å². The summed E-state index contributed by atoms with van der Waals surface area (Å²) in [5.41, 5.74) is 1.24. The Kier molecular flexibility index (Phi) is 5.17. The monoisotopic (exact) mass is 351 g/mol. The SMILES string of the molecule is Cc1cccnc1CN1CCCC(Nc2cc(C(F)(F)F)ncn2)C1.